The quantitative estimate of drug-likeness (QED) is 0.301. The van der Waals surface area contributed by atoms with E-state index in [0.717, 1.165) is 68.9 Å². The average Bonchev–Trinajstić information content (AvgIpc) is 2.88. The average molecular weight is 521 g/mol. The number of hydrogen-bond donors (Lipinski definition) is 1. The number of nitrogens with one attached hydrogen (secondary N) is 1. The molecule has 0 amide bonds. The summed E-state index contributed by atoms with van der Waals surface area (Å²) in [6, 6.07) is 5.12. The Morgan fingerprint density at radius 3 is 2.49 bits per heavy atom. The molecule has 1 aliphatic heterocycles. The Balaban J connectivity index is 1.25. The molecule has 0 spiro atoms. The van der Waals surface area contributed by atoms with Gasteiger partial charge >= 0.3 is 6.18 Å². The van der Waals surface area contributed by atoms with Crippen LogP contribution >= 0.6 is 0 Å². The van der Waals surface area contributed by atoms with E-state index >= 15 is 0 Å². The monoisotopic (exact) mass is 520 g/mol. The Bertz CT molecular complexity index is 1050. The summed E-state index contributed by atoms with van der Waals surface area (Å²) in [5, 5.41) is 14.1. The molecule has 0 radical (unpaired) electrons. The molecule has 1 aromatic carbocycles. The third kappa shape index (κ3) is 7.56. The Hall–Kier alpha value is -2.88. The molecule has 0 bridgehead atoms. The number of pyridine rings is 1. The predicted molar refractivity (Wildman–Crippen MR) is 136 cm³/mol. The molecule has 202 valence electrons. The molecule has 37 heavy (non-hydrogen) atoms. The highest BCUT2D eigenvalue weighted by Crippen LogP contribution is 2.38. The van der Waals surface area contributed by atoms with Crippen LogP contribution in [0.15, 0.2) is 36.7 Å². The van der Waals surface area contributed by atoms with Crippen LogP contribution in [0.5, 0.6) is 5.75 Å². The number of benzene rings is 1. The maximum Gasteiger partial charge on any atom is 0.423 e. The number of nitro benzene ring substituents is 1. The lowest BCUT2D eigenvalue weighted by atomic mass is 9.91. The van der Waals surface area contributed by atoms with E-state index in [-0.39, 0.29) is 17.8 Å². The van der Waals surface area contributed by atoms with Gasteiger partial charge in [0.1, 0.15) is 11.3 Å². The SMILES string of the molecule is CCN1CCC(CCc2cncc(OC3CCC(Nc4ccc([N+](=O)[O-])c(C(F)(F)F)c4)CC3)c2)CC1. The zero-order valence-corrected chi connectivity index (χ0v) is 21.2. The summed E-state index contributed by atoms with van der Waals surface area (Å²) >= 11 is 0. The zero-order valence-electron chi connectivity index (χ0n) is 21.2. The third-order valence-corrected chi connectivity index (χ3v) is 7.61. The third-order valence-electron chi connectivity index (χ3n) is 7.61. The van der Waals surface area contributed by atoms with E-state index in [4.69, 9.17) is 4.74 Å². The van der Waals surface area contributed by atoms with Crippen molar-refractivity contribution in [2.24, 2.45) is 5.92 Å². The van der Waals surface area contributed by atoms with Gasteiger partial charge in [-0.25, -0.2) is 0 Å². The summed E-state index contributed by atoms with van der Waals surface area (Å²) in [4.78, 5) is 16.8. The number of rotatable bonds is 9. The summed E-state index contributed by atoms with van der Waals surface area (Å²) in [5.74, 6) is 1.53. The fourth-order valence-electron chi connectivity index (χ4n) is 5.39. The highest BCUT2D eigenvalue weighted by Gasteiger charge is 2.38. The van der Waals surface area contributed by atoms with Crippen LogP contribution in [0.3, 0.4) is 0 Å². The van der Waals surface area contributed by atoms with E-state index in [1.807, 2.05) is 6.20 Å². The van der Waals surface area contributed by atoms with Gasteiger partial charge in [0.15, 0.2) is 0 Å². The van der Waals surface area contributed by atoms with Crippen LogP contribution in [0.2, 0.25) is 0 Å². The Labute approximate surface area is 215 Å². The van der Waals surface area contributed by atoms with Crippen molar-refractivity contribution in [3.05, 3.63) is 57.9 Å². The number of piperidine rings is 1. The predicted octanol–water partition coefficient (Wildman–Crippen LogP) is 6.48. The van der Waals surface area contributed by atoms with Gasteiger partial charge < -0.3 is 15.0 Å². The maximum atomic E-state index is 13.3. The second-order valence-electron chi connectivity index (χ2n) is 10.2. The zero-order chi connectivity index (χ0) is 26.4. The van der Waals surface area contributed by atoms with Gasteiger partial charge in [-0.2, -0.15) is 13.2 Å². The smallest absolute Gasteiger partial charge is 0.423 e. The van der Waals surface area contributed by atoms with Crippen LogP contribution in [-0.2, 0) is 12.6 Å². The van der Waals surface area contributed by atoms with Crippen LogP contribution in [0.1, 0.15) is 63.0 Å². The minimum Gasteiger partial charge on any atom is -0.489 e. The minimum atomic E-state index is -4.79. The number of anilines is 1. The number of likely N-dealkylation sites (tertiary alicyclic amines) is 1. The molecule has 4 rings (SSSR count). The number of aromatic nitrogens is 1. The van der Waals surface area contributed by atoms with Gasteiger partial charge in [-0.15, -0.1) is 0 Å². The molecule has 2 heterocycles. The summed E-state index contributed by atoms with van der Waals surface area (Å²) in [6.07, 6.45) is 6.53. The molecule has 1 saturated carbocycles. The van der Waals surface area contributed by atoms with Gasteiger partial charge in [-0.3, -0.25) is 15.1 Å². The first-order chi connectivity index (χ1) is 17.7. The van der Waals surface area contributed by atoms with Crippen molar-refractivity contribution in [3.63, 3.8) is 0 Å². The number of alkyl halides is 3. The highest BCUT2D eigenvalue weighted by molar-refractivity contribution is 5.55. The minimum absolute atomic E-state index is 0.0222. The van der Waals surface area contributed by atoms with E-state index in [9.17, 15) is 23.3 Å². The van der Waals surface area contributed by atoms with Gasteiger partial charge in [-0.05, 0) is 101 Å². The molecule has 10 heteroatoms. The molecule has 0 atom stereocenters. The second kappa shape index (κ2) is 12.1. The van der Waals surface area contributed by atoms with Gasteiger partial charge in [-0.1, -0.05) is 6.92 Å². The molecule has 2 fully saturated rings. The van der Waals surface area contributed by atoms with Crippen molar-refractivity contribution in [1.82, 2.24) is 9.88 Å². The van der Waals surface area contributed by atoms with Crippen molar-refractivity contribution in [2.45, 2.75) is 76.6 Å². The first-order valence-corrected chi connectivity index (χ1v) is 13.2. The van der Waals surface area contributed by atoms with Crippen LogP contribution in [0, 0.1) is 16.0 Å². The lowest BCUT2D eigenvalue weighted by molar-refractivity contribution is -0.388. The Morgan fingerprint density at radius 2 is 1.84 bits per heavy atom. The molecule has 1 aliphatic carbocycles. The van der Waals surface area contributed by atoms with Crippen LogP contribution in [-0.4, -0.2) is 46.6 Å². The van der Waals surface area contributed by atoms with Crippen LogP contribution in [0.4, 0.5) is 24.5 Å². The summed E-state index contributed by atoms with van der Waals surface area (Å²) in [6.45, 7) is 5.72. The van der Waals surface area contributed by atoms with Gasteiger partial charge in [0.25, 0.3) is 5.69 Å². The number of nitrogens with zero attached hydrogens (tertiary/aromatic N) is 3. The molecule has 7 nitrogen and oxygen atoms in total. The van der Waals surface area contributed by atoms with Crippen molar-refractivity contribution in [3.8, 4) is 5.75 Å². The summed E-state index contributed by atoms with van der Waals surface area (Å²) < 4.78 is 46.0. The number of aryl methyl sites for hydroxylation is 1. The van der Waals surface area contributed by atoms with E-state index in [1.54, 1.807) is 6.20 Å². The molecule has 2 aliphatic rings. The molecule has 2 aromatic rings. The van der Waals surface area contributed by atoms with E-state index in [1.165, 1.54) is 37.6 Å². The number of hydrogen-bond acceptors (Lipinski definition) is 6. The lowest BCUT2D eigenvalue weighted by Gasteiger charge is -2.31. The molecule has 1 saturated heterocycles. The largest absolute Gasteiger partial charge is 0.489 e. The van der Waals surface area contributed by atoms with Crippen molar-refractivity contribution in [2.75, 3.05) is 25.0 Å². The molecule has 1 N–H and O–H groups in total. The number of ether oxygens (including phenoxy) is 1. The first kappa shape index (κ1) is 27.2. The normalized spacial score (nSPS) is 21.5. The van der Waals surface area contributed by atoms with Crippen molar-refractivity contribution >= 4 is 11.4 Å². The van der Waals surface area contributed by atoms with Crippen molar-refractivity contribution in [1.29, 1.82) is 0 Å². The van der Waals surface area contributed by atoms with Crippen molar-refractivity contribution < 1.29 is 22.8 Å². The summed E-state index contributed by atoms with van der Waals surface area (Å²) in [7, 11) is 0. The highest BCUT2D eigenvalue weighted by atomic mass is 19.4. The van der Waals surface area contributed by atoms with Gasteiger partial charge in [0.05, 0.1) is 17.2 Å². The maximum absolute atomic E-state index is 13.3. The number of nitro groups is 1. The van der Waals surface area contributed by atoms with E-state index < -0.39 is 22.4 Å². The molecule has 1 aromatic heterocycles. The first-order valence-electron chi connectivity index (χ1n) is 13.2. The van der Waals surface area contributed by atoms with E-state index in [2.05, 4.69) is 28.2 Å². The summed E-state index contributed by atoms with van der Waals surface area (Å²) in [5.41, 5.74) is -0.754. The van der Waals surface area contributed by atoms with Gasteiger partial charge in [0.2, 0.25) is 0 Å². The lowest BCUT2D eigenvalue weighted by Crippen LogP contribution is -2.33. The van der Waals surface area contributed by atoms with Gasteiger partial charge in [0, 0.05) is 24.0 Å². The Kier molecular flexibility index (Phi) is 8.89. The van der Waals surface area contributed by atoms with Crippen LogP contribution in [0.25, 0.3) is 0 Å². The Morgan fingerprint density at radius 1 is 1.11 bits per heavy atom. The standard InChI is InChI=1S/C27H35F3N4O3/c1-2-33-13-11-19(12-14-33)3-4-20-15-24(18-31-17-20)37-23-8-5-21(6-9-23)32-22-7-10-26(34(35)36)25(16-22)27(28,29)30/h7,10,15-19,21,23,32H,2-6,8-9,11-14H2,1H3. The fraction of sp³-hybridized carbons (Fsp3) is 0.593. The topological polar surface area (TPSA) is 80.5 Å². The van der Waals surface area contributed by atoms with Crippen LogP contribution < -0.4 is 10.1 Å². The van der Waals surface area contributed by atoms with E-state index in [0.29, 0.717) is 0 Å². The number of halogens is 3. The fourth-order valence-corrected chi connectivity index (χ4v) is 5.39. The molecular formula is C27H35F3N4O3. The second-order valence-corrected chi connectivity index (χ2v) is 10.2. The molecule has 0 unspecified atom stereocenters. The molecular weight excluding hydrogens is 485 g/mol.